The molecule has 0 bridgehead atoms. The average molecular weight is 275 g/mol. The van der Waals surface area contributed by atoms with Crippen molar-refractivity contribution in [2.24, 2.45) is 0 Å². The normalized spacial score (nSPS) is 9.25. The van der Waals surface area contributed by atoms with E-state index in [4.69, 9.17) is 0 Å². The van der Waals surface area contributed by atoms with Crippen molar-refractivity contribution in [2.45, 2.75) is 13.8 Å². The minimum Gasteiger partial charge on any atom is -0.345 e. The number of aromatic nitrogens is 2. The van der Waals surface area contributed by atoms with Crippen LogP contribution in [0.2, 0.25) is 0 Å². The maximum Gasteiger partial charge on any atom is 0.152 e. The number of nitrogens with one attached hydrogen (secondary N) is 1. The standard InChI is InChI=1S/C8H10IN3/c1-6(2)5-10-8-4-3-7(9)11-12-8/h3-5H,1-2H3,(H,10,12). The molecule has 0 radical (unpaired) electrons. The molecule has 3 nitrogen and oxygen atoms in total. The smallest absolute Gasteiger partial charge is 0.152 e. The summed E-state index contributed by atoms with van der Waals surface area (Å²) in [5.41, 5.74) is 1.20. The van der Waals surface area contributed by atoms with Crippen LogP contribution in [0.5, 0.6) is 0 Å². The maximum absolute atomic E-state index is 3.94. The summed E-state index contributed by atoms with van der Waals surface area (Å²) in [6.45, 7) is 4.04. The molecule has 0 aliphatic heterocycles. The van der Waals surface area contributed by atoms with Crippen LogP contribution in [0.4, 0.5) is 5.82 Å². The largest absolute Gasteiger partial charge is 0.345 e. The monoisotopic (exact) mass is 275 g/mol. The summed E-state index contributed by atoms with van der Waals surface area (Å²) in [4.78, 5) is 0. The van der Waals surface area contributed by atoms with Crippen LogP contribution in [0.3, 0.4) is 0 Å². The molecule has 0 saturated heterocycles. The van der Waals surface area contributed by atoms with E-state index in [1.165, 1.54) is 5.57 Å². The summed E-state index contributed by atoms with van der Waals surface area (Å²) in [7, 11) is 0. The Balaban J connectivity index is 2.65. The highest BCUT2D eigenvalue weighted by atomic mass is 127. The van der Waals surface area contributed by atoms with Gasteiger partial charge in [0.05, 0.1) is 0 Å². The molecule has 0 aromatic carbocycles. The molecule has 0 spiro atoms. The fourth-order valence-electron chi connectivity index (χ4n) is 0.611. The fourth-order valence-corrected chi connectivity index (χ4v) is 0.899. The Labute approximate surface area is 85.4 Å². The van der Waals surface area contributed by atoms with E-state index in [-0.39, 0.29) is 0 Å². The van der Waals surface area contributed by atoms with Crippen molar-refractivity contribution in [3.8, 4) is 0 Å². The van der Waals surface area contributed by atoms with E-state index in [1.54, 1.807) is 0 Å². The van der Waals surface area contributed by atoms with Crippen LogP contribution >= 0.6 is 22.6 Å². The summed E-state index contributed by atoms with van der Waals surface area (Å²) in [6, 6.07) is 3.81. The highest BCUT2D eigenvalue weighted by Crippen LogP contribution is 2.04. The second kappa shape index (κ2) is 4.39. The molecular formula is C8H10IN3. The van der Waals surface area contributed by atoms with E-state index in [9.17, 15) is 0 Å². The lowest BCUT2D eigenvalue weighted by molar-refractivity contribution is 1.01. The van der Waals surface area contributed by atoms with Gasteiger partial charge in [-0.15, -0.1) is 10.2 Å². The molecule has 0 fully saturated rings. The quantitative estimate of drug-likeness (QED) is 0.842. The first-order valence-electron chi connectivity index (χ1n) is 3.57. The third-order valence-corrected chi connectivity index (χ3v) is 1.72. The third-order valence-electron chi connectivity index (χ3n) is 1.14. The van der Waals surface area contributed by atoms with E-state index in [0.717, 1.165) is 9.52 Å². The van der Waals surface area contributed by atoms with Crippen molar-refractivity contribution in [2.75, 3.05) is 5.32 Å². The summed E-state index contributed by atoms with van der Waals surface area (Å²) in [6.07, 6.45) is 1.90. The molecular weight excluding hydrogens is 265 g/mol. The lowest BCUT2D eigenvalue weighted by Gasteiger charge is -1.98. The zero-order chi connectivity index (χ0) is 8.97. The minimum absolute atomic E-state index is 0.775. The molecule has 1 aromatic heterocycles. The Hall–Kier alpha value is -0.650. The van der Waals surface area contributed by atoms with Gasteiger partial charge in [0.1, 0.15) is 3.70 Å². The van der Waals surface area contributed by atoms with Crippen molar-refractivity contribution < 1.29 is 0 Å². The highest BCUT2D eigenvalue weighted by molar-refractivity contribution is 14.1. The third kappa shape index (κ3) is 3.17. The van der Waals surface area contributed by atoms with Crippen LogP contribution in [0.1, 0.15) is 13.8 Å². The second-order valence-electron chi connectivity index (χ2n) is 2.61. The van der Waals surface area contributed by atoms with Crippen molar-refractivity contribution >= 4 is 28.4 Å². The molecule has 1 rings (SSSR count). The number of halogens is 1. The summed E-state index contributed by atoms with van der Waals surface area (Å²) in [5.74, 6) is 0.775. The number of nitrogens with zero attached hydrogens (tertiary/aromatic N) is 2. The molecule has 12 heavy (non-hydrogen) atoms. The van der Waals surface area contributed by atoms with E-state index in [2.05, 4.69) is 38.1 Å². The van der Waals surface area contributed by atoms with Gasteiger partial charge in [0.2, 0.25) is 0 Å². The molecule has 0 aliphatic rings. The van der Waals surface area contributed by atoms with Crippen molar-refractivity contribution in [3.05, 3.63) is 27.6 Å². The van der Waals surface area contributed by atoms with Gasteiger partial charge in [0, 0.05) is 6.20 Å². The molecule has 64 valence electrons. The number of anilines is 1. The summed E-state index contributed by atoms with van der Waals surface area (Å²) >= 11 is 2.12. The minimum atomic E-state index is 0.775. The van der Waals surface area contributed by atoms with E-state index in [0.29, 0.717) is 0 Å². The van der Waals surface area contributed by atoms with Gasteiger partial charge in [0.25, 0.3) is 0 Å². The number of hydrogen-bond donors (Lipinski definition) is 1. The van der Waals surface area contributed by atoms with Crippen molar-refractivity contribution in [1.82, 2.24) is 10.2 Å². The molecule has 4 heteroatoms. The highest BCUT2D eigenvalue weighted by Gasteiger charge is 1.90. The first-order chi connectivity index (χ1) is 5.68. The average Bonchev–Trinajstić information content (AvgIpc) is 2.03. The van der Waals surface area contributed by atoms with Gasteiger partial charge >= 0.3 is 0 Å². The van der Waals surface area contributed by atoms with Crippen LogP contribution in [0.25, 0.3) is 0 Å². The van der Waals surface area contributed by atoms with Gasteiger partial charge in [-0.05, 0) is 48.6 Å². The molecule has 1 aromatic rings. The first kappa shape index (κ1) is 9.44. The second-order valence-corrected chi connectivity index (χ2v) is 3.71. The SMILES string of the molecule is CC(C)=CNc1ccc(I)nn1. The summed E-state index contributed by atoms with van der Waals surface area (Å²) in [5, 5.41) is 10.9. The van der Waals surface area contributed by atoms with Crippen LogP contribution in [-0.2, 0) is 0 Å². The predicted molar refractivity (Wildman–Crippen MR) is 57.8 cm³/mol. The van der Waals surface area contributed by atoms with Crippen LogP contribution in [-0.4, -0.2) is 10.2 Å². The molecule has 0 aliphatic carbocycles. The Morgan fingerprint density at radius 1 is 1.42 bits per heavy atom. The maximum atomic E-state index is 3.94. The van der Waals surface area contributed by atoms with Gasteiger partial charge in [0.15, 0.2) is 5.82 Å². The number of rotatable bonds is 2. The zero-order valence-corrected chi connectivity index (χ0v) is 9.16. The number of allylic oxidation sites excluding steroid dienone is 1. The van der Waals surface area contributed by atoms with E-state index >= 15 is 0 Å². The topological polar surface area (TPSA) is 37.8 Å². The van der Waals surface area contributed by atoms with Gasteiger partial charge in [-0.3, -0.25) is 0 Å². The lowest BCUT2D eigenvalue weighted by atomic mass is 10.4. The zero-order valence-electron chi connectivity index (χ0n) is 7.00. The van der Waals surface area contributed by atoms with Crippen LogP contribution < -0.4 is 5.32 Å². The first-order valence-corrected chi connectivity index (χ1v) is 4.65. The Bertz CT molecular complexity index is 275. The molecule has 0 saturated carbocycles. The molecule has 0 atom stereocenters. The molecule has 0 unspecified atom stereocenters. The van der Waals surface area contributed by atoms with Crippen molar-refractivity contribution in [1.29, 1.82) is 0 Å². The van der Waals surface area contributed by atoms with Crippen LogP contribution in [0, 0.1) is 3.70 Å². The van der Waals surface area contributed by atoms with Gasteiger partial charge in [-0.2, -0.15) is 0 Å². The van der Waals surface area contributed by atoms with E-state index < -0.39 is 0 Å². The Morgan fingerprint density at radius 3 is 2.67 bits per heavy atom. The van der Waals surface area contributed by atoms with Crippen LogP contribution in [0.15, 0.2) is 23.9 Å². The van der Waals surface area contributed by atoms with Gasteiger partial charge in [-0.25, -0.2) is 0 Å². The summed E-state index contributed by atoms with van der Waals surface area (Å²) < 4.78 is 0.898. The van der Waals surface area contributed by atoms with Gasteiger partial charge < -0.3 is 5.32 Å². The molecule has 1 heterocycles. The number of hydrogen-bond acceptors (Lipinski definition) is 3. The van der Waals surface area contributed by atoms with E-state index in [1.807, 2.05) is 32.2 Å². The fraction of sp³-hybridized carbons (Fsp3) is 0.250. The molecule has 0 amide bonds. The van der Waals surface area contributed by atoms with Crippen molar-refractivity contribution in [3.63, 3.8) is 0 Å². The Kier molecular flexibility index (Phi) is 3.46. The lowest BCUT2D eigenvalue weighted by Crippen LogP contribution is -1.94. The van der Waals surface area contributed by atoms with Gasteiger partial charge in [-0.1, -0.05) is 5.57 Å². The Morgan fingerprint density at radius 2 is 2.17 bits per heavy atom. The predicted octanol–water partition coefficient (Wildman–Crippen LogP) is 2.42. The molecule has 1 N–H and O–H groups in total.